The molecule has 1 aromatic rings. The third-order valence-corrected chi connectivity index (χ3v) is 1.77. The minimum atomic E-state index is -0.174. The van der Waals surface area contributed by atoms with Gasteiger partial charge in [0.1, 0.15) is 5.75 Å². The Hall–Kier alpha value is -1.55. The number of amides is 1. The maximum Gasteiger partial charge on any atom is 0.257 e. The molecule has 0 bridgehead atoms. The van der Waals surface area contributed by atoms with Crippen molar-refractivity contribution in [3.63, 3.8) is 0 Å². The van der Waals surface area contributed by atoms with E-state index in [0.717, 1.165) is 0 Å². The van der Waals surface area contributed by atoms with E-state index < -0.39 is 0 Å². The normalized spacial score (nSPS) is 9.67. The molecule has 0 fully saturated rings. The van der Waals surface area contributed by atoms with Crippen molar-refractivity contribution in [1.82, 2.24) is 5.32 Å². The summed E-state index contributed by atoms with van der Waals surface area (Å²) in [5.41, 5.74) is 0. The van der Waals surface area contributed by atoms with Gasteiger partial charge in [-0.1, -0.05) is 18.2 Å². The average Bonchev–Trinajstić information content (AvgIpc) is 2.28. The van der Waals surface area contributed by atoms with Crippen LogP contribution in [0.4, 0.5) is 0 Å². The minimum Gasteiger partial charge on any atom is -0.484 e. The summed E-state index contributed by atoms with van der Waals surface area (Å²) in [6.45, 7) is 0.572. The Balaban J connectivity index is 2.17. The predicted octanol–water partition coefficient (Wildman–Crippen LogP) is 0.564. The molecule has 0 atom stereocenters. The zero-order valence-electron chi connectivity index (χ0n) is 8.48. The average molecular weight is 209 g/mol. The topological polar surface area (TPSA) is 58.6 Å². The fourth-order valence-electron chi connectivity index (χ4n) is 1.02. The van der Waals surface area contributed by atoms with Gasteiger partial charge >= 0.3 is 0 Å². The lowest BCUT2D eigenvalue weighted by molar-refractivity contribution is -0.123. The van der Waals surface area contributed by atoms with Gasteiger partial charge in [0.15, 0.2) is 6.61 Å². The van der Waals surface area contributed by atoms with E-state index in [1.54, 1.807) is 12.1 Å². The molecule has 0 aliphatic heterocycles. The summed E-state index contributed by atoms with van der Waals surface area (Å²) in [5, 5.41) is 11.1. The number of carbonyl (C=O) groups excluding carboxylic acids is 1. The summed E-state index contributed by atoms with van der Waals surface area (Å²) in [7, 11) is 0. The van der Waals surface area contributed by atoms with E-state index in [0.29, 0.717) is 18.7 Å². The standard InChI is InChI=1S/C11H15NO3/c13-8-4-7-12-11(14)9-15-10-5-2-1-3-6-10/h1-3,5-6,13H,4,7-9H2,(H,12,14). The number of nitrogens with one attached hydrogen (secondary N) is 1. The fraction of sp³-hybridized carbons (Fsp3) is 0.364. The van der Waals surface area contributed by atoms with Crippen molar-refractivity contribution in [2.45, 2.75) is 6.42 Å². The first-order chi connectivity index (χ1) is 7.33. The Kier molecular flexibility index (Phi) is 5.25. The Morgan fingerprint density at radius 3 is 2.73 bits per heavy atom. The molecular formula is C11H15NO3. The second-order valence-electron chi connectivity index (χ2n) is 3.03. The number of aliphatic hydroxyl groups excluding tert-OH is 1. The molecule has 0 saturated heterocycles. The Morgan fingerprint density at radius 1 is 1.33 bits per heavy atom. The van der Waals surface area contributed by atoms with Gasteiger partial charge in [-0.15, -0.1) is 0 Å². The van der Waals surface area contributed by atoms with Gasteiger partial charge in [-0.2, -0.15) is 0 Å². The number of rotatable bonds is 6. The molecule has 0 aliphatic rings. The molecular weight excluding hydrogens is 194 g/mol. The second-order valence-corrected chi connectivity index (χ2v) is 3.03. The summed E-state index contributed by atoms with van der Waals surface area (Å²) >= 11 is 0. The number of hydrogen-bond donors (Lipinski definition) is 2. The van der Waals surface area contributed by atoms with Crippen LogP contribution >= 0.6 is 0 Å². The Bertz CT molecular complexity index is 287. The first-order valence-electron chi connectivity index (χ1n) is 4.88. The van der Waals surface area contributed by atoms with E-state index >= 15 is 0 Å². The maximum atomic E-state index is 11.2. The highest BCUT2D eigenvalue weighted by Crippen LogP contribution is 2.07. The van der Waals surface area contributed by atoms with Gasteiger partial charge in [-0.25, -0.2) is 0 Å². The SMILES string of the molecule is O=C(COc1ccccc1)NCCCO. The van der Waals surface area contributed by atoms with E-state index in [9.17, 15) is 4.79 Å². The van der Waals surface area contributed by atoms with Crippen LogP contribution < -0.4 is 10.1 Å². The van der Waals surface area contributed by atoms with Crippen LogP contribution in [-0.2, 0) is 4.79 Å². The lowest BCUT2D eigenvalue weighted by atomic mass is 10.3. The molecule has 0 unspecified atom stereocenters. The largest absolute Gasteiger partial charge is 0.484 e. The number of benzene rings is 1. The highest BCUT2D eigenvalue weighted by molar-refractivity contribution is 5.77. The summed E-state index contributed by atoms with van der Waals surface area (Å²) in [5.74, 6) is 0.502. The number of para-hydroxylation sites is 1. The van der Waals surface area contributed by atoms with Crippen molar-refractivity contribution in [2.75, 3.05) is 19.8 Å². The molecule has 0 aromatic heterocycles. The fourth-order valence-corrected chi connectivity index (χ4v) is 1.02. The van der Waals surface area contributed by atoms with Crippen LogP contribution in [0.5, 0.6) is 5.75 Å². The van der Waals surface area contributed by atoms with Crippen LogP contribution in [-0.4, -0.2) is 30.8 Å². The van der Waals surface area contributed by atoms with E-state index in [4.69, 9.17) is 9.84 Å². The Morgan fingerprint density at radius 2 is 2.07 bits per heavy atom. The molecule has 0 radical (unpaired) electrons. The maximum absolute atomic E-state index is 11.2. The van der Waals surface area contributed by atoms with Crippen molar-refractivity contribution >= 4 is 5.91 Å². The summed E-state index contributed by atoms with van der Waals surface area (Å²) in [6.07, 6.45) is 0.567. The van der Waals surface area contributed by atoms with Crippen LogP contribution in [0.15, 0.2) is 30.3 Å². The molecule has 1 aromatic carbocycles. The molecule has 1 rings (SSSR count). The van der Waals surface area contributed by atoms with Crippen molar-refractivity contribution in [1.29, 1.82) is 0 Å². The molecule has 0 heterocycles. The van der Waals surface area contributed by atoms with Gasteiger partial charge in [0.25, 0.3) is 5.91 Å². The number of ether oxygens (including phenoxy) is 1. The van der Waals surface area contributed by atoms with Gasteiger partial charge in [0, 0.05) is 13.2 Å². The van der Waals surface area contributed by atoms with Gasteiger partial charge in [-0.3, -0.25) is 4.79 Å². The van der Waals surface area contributed by atoms with Gasteiger partial charge in [0.05, 0.1) is 0 Å². The molecule has 0 saturated carbocycles. The minimum absolute atomic E-state index is 0.00937. The number of aliphatic hydroxyl groups is 1. The molecule has 0 aliphatic carbocycles. The smallest absolute Gasteiger partial charge is 0.257 e. The second kappa shape index (κ2) is 6.84. The van der Waals surface area contributed by atoms with Crippen LogP contribution in [0.1, 0.15) is 6.42 Å². The first-order valence-corrected chi connectivity index (χ1v) is 4.88. The molecule has 15 heavy (non-hydrogen) atoms. The highest BCUT2D eigenvalue weighted by Gasteiger charge is 2.00. The van der Waals surface area contributed by atoms with Gasteiger partial charge in [0.2, 0.25) is 0 Å². The van der Waals surface area contributed by atoms with Gasteiger partial charge in [-0.05, 0) is 18.6 Å². The summed E-state index contributed by atoms with van der Waals surface area (Å²) in [4.78, 5) is 11.2. The zero-order chi connectivity index (χ0) is 10.9. The van der Waals surface area contributed by atoms with Crippen molar-refractivity contribution in [3.8, 4) is 5.75 Å². The molecule has 0 spiro atoms. The lowest BCUT2D eigenvalue weighted by Crippen LogP contribution is -2.30. The predicted molar refractivity (Wildman–Crippen MR) is 56.6 cm³/mol. The van der Waals surface area contributed by atoms with Crippen molar-refractivity contribution in [3.05, 3.63) is 30.3 Å². The van der Waals surface area contributed by atoms with E-state index in [-0.39, 0.29) is 19.1 Å². The first kappa shape index (κ1) is 11.5. The van der Waals surface area contributed by atoms with E-state index in [1.807, 2.05) is 18.2 Å². The lowest BCUT2D eigenvalue weighted by Gasteiger charge is -2.06. The number of hydrogen-bond acceptors (Lipinski definition) is 3. The highest BCUT2D eigenvalue weighted by atomic mass is 16.5. The molecule has 4 heteroatoms. The van der Waals surface area contributed by atoms with Gasteiger partial charge < -0.3 is 15.2 Å². The van der Waals surface area contributed by atoms with E-state index in [2.05, 4.69) is 5.32 Å². The van der Waals surface area contributed by atoms with Crippen LogP contribution in [0.3, 0.4) is 0 Å². The summed E-state index contributed by atoms with van der Waals surface area (Å²) < 4.78 is 5.22. The van der Waals surface area contributed by atoms with Crippen LogP contribution in [0, 0.1) is 0 Å². The number of carbonyl (C=O) groups is 1. The van der Waals surface area contributed by atoms with Crippen LogP contribution in [0.2, 0.25) is 0 Å². The monoisotopic (exact) mass is 209 g/mol. The third-order valence-electron chi connectivity index (χ3n) is 1.77. The van der Waals surface area contributed by atoms with Crippen molar-refractivity contribution < 1.29 is 14.6 Å². The van der Waals surface area contributed by atoms with Crippen molar-refractivity contribution in [2.24, 2.45) is 0 Å². The third kappa shape index (κ3) is 5.02. The summed E-state index contributed by atoms with van der Waals surface area (Å²) in [6, 6.07) is 9.16. The Labute approximate surface area is 88.9 Å². The molecule has 4 nitrogen and oxygen atoms in total. The zero-order valence-corrected chi connectivity index (χ0v) is 8.48. The van der Waals surface area contributed by atoms with E-state index in [1.165, 1.54) is 0 Å². The van der Waals surface area contributed by atoms with Crippen LogP contribution in [0.25, 0.3) is 0 Å². The molecule has 2 N–H and O–H groups in total. The molecule has 1 amide bonds. The quantitative estimate of drug-likeness (QED) is 0.673. The molecule has 82 valence electrons.